The predicted octanol–water partition coefficient (Wildman–Crippen LogP) is 7.15. The first-order valence-electron chi connectivity index (χ1n) is 15.0. The Bertz CT molecular complexity index is 1270. The van der Waals surface area contributed by atoms with Crippen molar-refractivity contribution in [2.24, 2.45) is 15.4 Å². The molecule has 2 N–H and O–H groups in total. The molecule has 1 aromatic rings. The van der Waals surface area contributed by atoms with Crippen molar-refractivity contribution in [3.05, 3.63) is 70.7 Å². The predicted molar refractivity (Wildman–Crippen MR) is 163 cm³/mol. The summed E-state index contributed by atoms with van der Waals surface area (Å²) in [7, 11) is 0. The maximum absolute atomic E-state index is 15.3. The summed E-state index contributed by atoms with van der Waals surface area (Å²) in [5.74, 6) is -1.67. The molecule has 1 fully saturated rings. The van der Waals surface area contributed by atoms with Crippen molar-refractivity contribution < 1.29 is 8.78 Å². The second-order valence-corrected chi connectivity index (χ2v) is 11.6. The van der Waals surface area contributed by atoms with Gasteiger partial charge in [-0.3, -0.25) is 4.99 Å². The summed E-state index contributed by atoms with van der Waals surface area (Å²) in [4.78, 5) is 11.3. The van der Waals surface area contributed by atoms with Crippen molar-refractivity contribution in [1.29, 1.82) is 5.26 Å². The first-order valence-corrected chi connectivity index (χ1v) is 15.0. The number of nitrogens with zero attached hydrogens (tertiary/aromatic N) is 4. The van der Waals surface area contributed by atoms with E-state index in [9.17, 15) is 5.26 Å². The number of hydrogen-bond acceptors (Lipinski definition) is 5. The van der Waals surface area contributed by atoms with Gasteiger partial charge >= 0.3 is 0 Å². The first kappa shape index (κ1) is 30.6. The van der Waals surface area contributed by atoms with E-state index in [2.05, 4.69) is 46.8 Å². The van der Waals surface area contributed by atoms with E-state index in [0.717, 1.165) is 73.9 Å². The third-order valence-corrected chi connectivity index (χ3v) is 8.49. The van der Waals surface area contributed by atoms with Gasteiger partial charge in [-0.25, -0.2) is 13.8 Å². The lowest BCUT2D eigenvalue weighted by atomic mass is 9.89. The zero-order valence-electron chi connectivity index (χ0n) is 24.8. The van der Waals surface area contributed by atoms with Crippen LogP contribution in [0.4, 0.5) is 8.78 Å². The van der Waals surface area contributed by atoms with Crippen molar-refractivity contribution in [1.82, 2.24) is 15.5 Å². The zero-order chi connectivity index (χ0) is 29.6. The van der Waals surface area contributed by atoms with Gasteiger partial charge in [0.15, 0.2) is 0 Å². The molecule has 6 nitrogen and oxygen atoms in total. The van der Waals surface area contributed by atoms with Crippen molar-refractivity contribution in [3.63, 3.8) is 0 Å². The second-order valence-electron chi connectivity index (χ2n) is 11.6. The highest BCUT2D eigenvalue weighted by Gasteiger charge is 2.50. The topological polar surface area (TPSA) is 75.8 Å². The molecule has 2 atom stereocenters. The van der Waals surface area contributed by atoms with Crippen LogP contribution >= 0.6 is 0 Å². The molecule has 1 aliphatic carbocycles. The summed E-state index contributed by atoms with van der Waals surface area (Å²) < 4.78 is 30.5. The molecule has 0 spiro atoms. The van der Waals surface area contributed by atoms with E-state index in [1.165, 1.54) is 6.07 Å². The van der Waals surface area contributed by atoms with Crippen LogP contribution in [-0.2, 0) is 5.92 Å². The van der Waals surface area contributed by atoms with Crippen LogP contribution in [0.1, 0.15) is 89.3 Å². The maximum atomic E-state index is 15.3. The fourth-order valence-corrected chi connectivity index (χ4v) is 5.76. The Kier molecular flexibility index (Phi) is 9.80. The van der Waals surface area contributed by atoms with E-state index in [-0.39, 0.29) is 30.6 Å². The molecule has 2 heterocycles. The standard InChI is InChI=1S/C33H44F2N6/c1-6-38-30-28-21-29(32(22-36)15-16-32)25(4)41(31(28)37-5)19-10-8-7-9-12-23(2)39-18-17-33(34,35)27-14-11-13-26(20-27)24(3)40-30/h11,13-14,20-21,23-24,39H,4-10,12,15-19H2,1-3H3,(H,38,40)/t23?,24-/m1/s1. The number of alkyl halides is 2. The van der Waals surface area contributed by atoms with Gasteiger partial charge in [0, 0.05) is 49.4 Å². The van der Waals surface area contributed by atoms with Gasteiger partial charge in [0.2, 0.25) is 0 Å². The number of nitriles is 1. The van der Waals surface area contributed by atoms with Crippen LogP contribution in [0.2, 0.25) is 0 Å². The molecule has 1 saturated carbocycles. The van der Waals surface area contributed by atoms with Crippen molar-refractivity contribution >= 4 is 12.6 Å². The lowest BCUT2D eigenvalue weighted by Crippen LogP contribution is -2.36. The molecule has 0 aromatic heterocycles. The molecule has 41 heavy (non-hydrogen) atoms. The Labute approximate surface area is 244 Å². The van der Waals surface area contributed by atoms with Crippen molar-refractivity contribution in [2.75, 3.05) is 19.6 Å². The summed E-state index contributed by atoms with van der Waals surface area (Å²) >= 11 is 0. The van der Waals surface area contributed by atoms with Crippen molar-refractivity contribution in [2.45, 2.75) is 90.1 Å². The van der Waals surface area contributed by atoms with Gasteiger partial charge in [-0.2, -0.15) is 5.26 Å². The van der Waals surface area contributed by atoms with Crippen LogP contribution in [0.15, 0.2) is 69.6 Å². The molecule has 0 saturated heterocycles. The fourth-order valence-electron chi connectivity index (χ4n) is 5.76. The normalized spacial score (nSPS) is 26.4. The lowest BCUT2D eigenvalue weighted by Gasteiger charge is -2.35. The first-order chi connectivity index (χ1) is 19.7. The van der Waals surface area contributed by atoms with Crippen LogP contribution < -0.4 is 10.6 Å². The van der Waals surface area contributed by atoms with Crippen LogP contribution in [0.5, 0.6) is 0 Å². The van der Waals surface area contributed by atoms with E-state index in [1.807, 2.05) is 26.0 Å². The van der Waals surface area contributed by atoms with Gasteiger partial charge in [-0.1, -0.05) is 44.0 Å². The van der Waals surface area contributed by atoms with Crippen LogP contribution in [0.3, 0.4) is 0 Å². The molecule has 0 amide bonds. The minimum absolute atomic E-state index is 0.0150. The molecular formula is C33H44F2N6. The Morgan fingerprint density at radius 3 is 2.59 bits per heavy atom. The SMILES string of the molecule is C=NC1=C2C=C(C3(C#N)CC3)C(=C)N1CCCCCCC(C)NCCC(F)(F)c1cccc(c1)[C@@H](C)NC2=NCC. The largest absolute Gasteiger partial charge is 0.363 e. The summed E-state index contributed by atoms with van der Waals surface area (Å²) in [6, 6.07) is 9.06. The van der Waals surface area contributed by atoms with Crippen LogP contribution in [0, 0.1) is 16.7 Å². The zero-order valence-corrected chi connectivity index (χ0v) is 24.8. The molecule has 2 aliphatic heterocycles. The van der Waals surface area contributed by atoms with E-state index in [0.29, 0.717) is 18.2 Å². The minimum atomic E-state index is -2.94. The van der Waals surface area contributed by atoms with E-state index in [1.54, 1.807) is 12.1 Å². The van der Waals surface area contributed by atoms with Gasteiger partial charge in [0.1, 0.15) is 11.7 Å². The van der Waals surface area contributed by atoms with E-state index >= 15 is 8.78 Å². The number of halogens is 2. The smallest absolute Gasteiger partial charge is 0.274 e. The Balaban J connectivity index is 1.76. The highest BCUT2D eigenvalue weighted by molar-refractivity contribution is 6.02. The maximum Gasteiger partial charge on any atom is 0.274 e. The third kappa shape index (κ3) is 6.95. The number of nitrogens with one attached hydrogen (secondary N) is 2. The molecule has 1 unspecified atom stereocenters. The average molecular weight is 563 g/mol. The number of hydrogen-bond donors (Lipinski definition) is 2. The lowest BCUT2D eigenvalue weighted by molar-refractivity contribution is -0.0133. The molecule has 3 aliphatic rings. The number of aliphatic imine (C=N–C) groups is 2. The number of benzene rings is 1. The van der Waals surface area contributed by atoms with Gasteiger partial charge in [0.05, 0.1) is 17.1 Å². The number of allylic oxidation sites excluding steroid dienone is 1. The summed E-state index contributed by atoms with van der Waals surface area (Å²) in [5.41, 5.74) is 2.67. The molecule has 4 bridgehead atoms. The highest BCUT2D eigenvalue weighted by Crippen LogP contribution is 2.55. The monoisotopic (exact) mass is 562 g/mol. The molecule has 8 heteroatoms. The summed E-state index contributed by atoms with van der Waals surface area (Å²) in [6.45, 7) is 15.8. The minimum Gasteiger partial charge on any atom is -0.363 e. The average Bonchev–Trinajstić information content (AvgIpc) is 3.75. The Morgan fingerprint density at radius 2 is 1.90 bits per heavy atom. The van der Waals surface area contributed by atoms with Crippen molar-refractivity contribution in [3.8, 4) is 6.07 Å². The quantitative estimate of drug-likeness (QED) is 0.384. The Hall–Kier alpha value is -3.31. The Morgan fingerprint density at radius 1 is 1.15 bits per heavy atom. The molecule has 220 valence electrons. The van der Waals surface area contributed by atoms with Gasteiger partial charge < -0.3 is 15.5 Å². The summed E-state index contributed by atoms with van der Waals surface area (Å²) in [6.07, 6.45) is 8.32. The van der Waals surface area contributed by atoms with Gasteiger partial charge in [0.25, 0.3) is 5.92 Å². The highest BCUT2D eigenvalue weighted by atomic mass is 19.3. The number of rotatable bonds is 3. The molecular weight excluding hydrogens is 518 g/mol. The third-order valence-electron chi connectivity index (χ3n) is 8.49. The molecule has 4 rings (SSSR count). The molecule has 1 aromatic carbocycles. The second kappa shape index (κ2) is 13.1. The summed E-state index contributed by atoms with van der Waals surface area (Å²) in [5, 5.41) is 16.9. The molecule has 0 radical (unpaired) electrons. The van der Waals surface area contributed by atoms with E-state index in [4.69, 9.17) is 4.99 Å². The van der Waals surface area contributed by atoms with E-state index < -0.39 is 11.3 Å². The van der Waals surface area contributed by atoms with Gasteiger partial charge in [-0.15, -0.1) is 0 Å². The van der Waals surface area contributed by atoms with Crippen LogP contribution in [-0.4, -0.2) is 43.1 Å². The van der Waals surface area contributed by atoms with Crippen LogP contribution in [0.25, 0.3) is 0 Å². The fraction of sp³-hybridized carbons (Fsp3) is 0.545. The van der Waals surface area contributed by atoms with Gasteiger partial charge in [-0.05, 0) is 76.5 Å². The number of fused-ring (bicyclic) bond motifs is 3. The number of amidine groups is 1.